The Morgan fingerprint density at radius 1 is 0.743 bits per heavy atom. The van der Waals surface area contributed by atoms with Crippen molar-refractivity contribution < 1.29 is 18.9 Å². The molecule has 0 saturated carbocycles. The lowest BCUT2D eigenvalue weighted by Crippen LogP contribution is -2.45. The Kier molecular flexibility index (Phi) is 6.33. The standard InChI is InChI=1S/C31H28O4/c1-3-9-22(10-4-1)19-32-21-30-29(33-20-23-11-5-2-6-12-23)18-25-17-27-26-14-8-7-13-24(26)15-16-28(27)34-31(25)35-30/h1-16,18,29-31H,17,19-21H2/t29-,30-,31+/m1/s1. The molecule has 4 aromatic carbocycles. The summed E-state index contributed by atoms with van der Waals surface area (Å²) in [5.74, 6) is 0.887. The van der Waals surface area contributed by atoms with Gasteiger partial charge in [0.1, 0.15) is 18.0 Å². The number of fused-ring (bicyclic) bond motifs is 4. The molecule has 0 aromatic heterocycles. The fourth-order valence-electron chi connectivity index (χ4n) is 4.82. The summed E-state index contributed by atoms with van der Waals surface area (Å²) in [7, 11) is 0. The lowest BCUT2D eigenvalue weighted by atomic mass is 9.92. The summed E-state index contributed by atoms with van der Waals surface area (Å²) in [5.41, 5.74) is 4.57. The van der Waals surface area contributed by atoms with E-state index in [9.17, 15) is 0 Å². The average Bonchev–Trinajstić information content (AvgIpc) is 2.92. The van der Waals surface area contributed by atoms with Crippen LogP contribution in [0.1, 0.15) is 16.7 Å². The number of rotatable bonds is 7. The third kappa shape index (κ3) is 4.87. The van der Waals surface area contributed by atoms with Gasteiger partial charge in [0.15, 0.2) is 0 Å². The molecule has 0 N–H and O–H groups in total. The summed E-state index contributed by atoms with van der Waals surface area (Å²) >= 11 is 0. The number of ether oxygens (including phenoxy) is 4. The van der Waals surface area contributed by atoms with E-state index < -0.39 is 6.29 Å². The maximum absolute atomic E-state index is 6.46. The first-order valence-corrected chi connectivity index (χ1v) is 12.1. The summed E-state index contributed by atoms with van der Waals surface area (Å²) < 4.78 is 25.2. The summed E-state index contributed by atoms with van der Waals surface area (Å²) in [5, 5.41) is 2.44. The van der Waals surface area contributed by atoms with Gasteiger partial charge in [0.2, 0.25) is 6.29 Å². The summed E-state index contributed by atoms with van der Waals surface area (Å²) in [6.45, 7) is 1.46. The molecule has 0 bridgehead atoms. The first kappa shape index (κ1) is 22.1. The highest BCUT2D eigenvalue weighted by Crippen LogP contribution is 2.39. The topological polar surface area (TPSA) is 36.9 Å². The summed E-state index contributed by atoms with van der Waals surface area (Å²) in [4.78, 5) is 0. The largest absolute Gasteiger partial charge is 0.461 e. The first-order valence-electron chi connectivity index (χ1n) is 12.1. The van der Waals surface area contributed by atoms with Gasteiger partial charge in [-0.3, -0.25) is 0 Å². The van der Waals surface area contributed by atoms with E-state index in [0.717, 1.165) is 28.9 Å². The van der Waals surface area contributed by atoms with Gasteiger partial charge in [-0.25, -0.2) is 0 Å². The predicted octanol–water partition coefficient (Wildman–Crippen LogP) is 6.23. The van der Waals surface area contributed by atoms with Gasteiger partial charge in [0, 0.05) is 17.6 Å². The molecule has 176 valence electrons. The van der Waals surface area contributed by atoms with Crippen molar-refractivity contribution in [1.82, 2.24) is 0 Å². The van der Waals surface area contributed by atoms with Crippen molar-refractivity contribution >= 4 is 10.8 Å². The Hall–Kier alpha value is -3.44. The van der Waals surface area contributed by atoms with E-state index in [-0.39, 0.29) is 12.2 Å². The first-order chi connectivity index (χ1) is 17.3. The molecule has 4 heteroatoms. The van der Waals surface area contributed by atoms with Crippen LogP contribution in [0.5, 0.6) is 5.75 Å². The van der Waals surface area contributed by atoms with Crippen LogP contribution in [-0.2, 0) is 33.8 Å². The van der Waals surface area contributed by atoms with Crippen LogP contribution in [0.15, 0.2) is 109 Å². The molecule has 0 fully saturated rings. The van der Waals surface area contributed by atoms with E-state index in [1.807, 2.05) is 36.4 Å². The van der Waals surface area contributed by atoms with Gasteiger partial charge in [0.05, 0.1) is 19.8 Å². The molecule has 0 aliphatic carbocycles. The SMILES string of the molecule is C1=C2Cc3c(ccc4ccccc34)O[C@H]2O[C@H](COCc2ccccc2)[C@@H]1OCc1ccccc1. The maximum Gasteiger partial charge on any atom is 0.223 e. The van der Waals surface area contributed by atoms with Crippen molar-refractivity contribution in [2.45, 2.75) is 38.1 Å². The highest BCUT2D eigenvalue weighted by molar-refractivity contribution is 5.88. The second kappa shape index (κ2) is 10.0. The van der Waals surface area contributed by atoms with Gasteiger partial charge in [-0.2, -0.15) is 0 Å². The molecular weight excluding hydrogens is 436 g/mol. The third-order valence-corrected chi connectivity index (χ3v) is 6.64. The van der Waals surface area contributed by atoms with Crippen LogP contribution >= 0.6 is 0 Å². The van der Waals surface area contributed by atoms with E-state index in [2.05, 4.69) is 66.7 Å². The molecule has 4 aromatic rings. The Bertz CT molecular complexity index is 1320. The molecule has 0 unspecified atom stereocenters. The zero-order valence-electron chi connectivity index (χ0n) is 19.5. The van der Waals surface area contributed by atoms with Crippen LogP contribution in [0, 0.1) is 0 Å². The molecule has 2 aliphatic heterocycles. The molecule has 2 heterocycles. The van der Waals surface area contributed by atoms with Crippen LogP contribution < -0.4 is 4.74 Å². The van der Waals surface area contributed by atoms with Crippen LogP contribution in [-0.4, -0.2) is 25.1 Å². The van der Waals surface area contributed by atoms with Crippen molar-refractivity contribution in [1.29, 1.82) is 0 Å². The van der Waals surface area contributed by atoms with Gasteiger partial charge < -0.3 is 18.9 Å². The van der Waals surface area contributed by atoms with Crippen LogP contribution in [0.2, 0.25) is 0 Å². The lowest BCUT2D eigenvalue weighted by Gasteiger charge is -2.38. The van der Waals surface area contributed by atoms with Gasteiger partial charge in [-0.15, -0.1) is 0 Å². The van der Waals surface area contributed by atoms with E-state index >= 15 is 0 Å². The molecular formula is C31H28O4. The molecule has 35 heavy (non-hydrogen) atoms. The van der Waals surface area contributed by atoms with Crippen molar-refractivity contribution in [2.75, 3.05) is 6.61 Å². The van der Waals surface area contributed by atoms with Crippen molar-refractivity contribution in [3.8, 4) is 5.75 Å². The molecule has 2 aliphatic rings. The van der Waals surface area contributed by atoms with E-state index in [1.54, 1.807) is 0 Å². The molecule has 3 atom stereocenters. The minimum absolute atomic E-state index is 0.225. The normalized spacial score (nSPS) is 21.0. The monoisotopic (exact) mass is 464 g/mol. The molecule has 4 nitrogen and oxygen atoms in total. The summed E-state index contributed by atoms with van der Waals surface area (Å²) in [6.07, 6.45) is 2.06. The Balaban J connectivity index is 1.23. The Morgan fingerprint density at radius 2 is 1.46 bits per heavy atom. The summed E-state index contributed by atoms with van der Waals surface area (Å²) in [6, 6.07) is 33.0. The third-order valence-electron chi connectivity index (χ3n) is 6.64. The fourth-order valence-corrected chi connectivity index (χ4v) is 4.82. The van der Waals surface area contributed by atoms with Crippen LogP contribution in [0.3, 0.4) is 0 Å². The van der Waals surface area contributed by atoms with Crippen LogP contribution in [0.4, 0.5) is 0 Å². The van der Waals surface area contributed by atoms with Gasteiger partial charge in [0.25, 0.3) is 0 Å². The van der Waals surface area contributed by atoms with Crippen LogP contribution in [0.25, 0.3) is 10.8 Å². The number of hydrogen-bond donors (Lipinski definition) is 0. The molecule has 6 rings (SSSR count). The zero-order chi connectivity index (χ0) is 23.5. The van der Waals surface area contributed by atoms with Gasteiger partial charge in [-0.1, -0.05) is 91.0 Å². The Morgan fingerprint density at radius 3 is 2.26 bits per heavy atom. The maximum atomic E-state index is 6.46. The molecule has 0 radical (unpaired) electrons. The second-order valence-electron chi connectivity index (χ2n) is 9.07. The minimum Gasteiger partial charge on any atom is -0.461 e. The molecule has 0 amide bonds. The minimum atomic E-state index is -0.425. The predicted molar refractivity (Wildman–Crippen MR) is 136 cm³/mol. The van der Waals surface area contributed by atoms with Gasteiger partial charge in [-0.05, 0) is 34.0 Å². The highest BCUT2D eigenvalue weighted by Gasteiger charge is 2.37. The van der Waals surface area contributed by atoms with Crippen molar-refractivity contribution in [3.05, 3.63) is 125 Å². The van der Waals surface area contributed by atoms with E-state index in [1.165, 1.54) is 16.3 Å². The lowest BCUT2D eigenvalue weighted by molar-refractivity contribution is -0.173. The fraction of sp³-hybridized carbons (Fsp3) is 0.226. The van der Waals surface area contributed by atoms with E-state index in [4.69, 9.17) is 18.9 Å². The smallest absolute Gasteiger partial charge is 0.223 e. The van der Waals surface area contributed by atoms with Gasteiger partial charge >= 0.3 is 0 Å². The Labute approximate surface area is 205 Å². The highest BCUT2D eigenvalue weighted by atomic mass is 16.7. The number of hydrogen-bond acceptors (Lipinski definition) is 4. The quantitative estimate of drug-likeness (QED) is 0.304. The molecule has 0 spiro atoms. The second-order valence-corrected chi connectivity index (χ2v) is 9.07. The average molecular weight is 465 g/mol. The van der Waals surface area contributed by atoms with E-state index in [0.29, 0.717) is 19.8 Å². The van der Waals surface area contributed by atoms with Crippen molar-refractivity contribution in [2.24, 2.45) is 0 Å². The molecule has 0 saturated heterocycles. The number of benzene rings is 4. The van der Waals surface area contributed by atoms with Crippen molar-refractivity contribution in [3.63, 3.8) is 0 Å². The zero-order valence-corrected chi connectivity index (χ0v) is 19.5.